The van der Waals surface area contributed by atoms with Gasteiger partial charge in [0, 0.05) is 64.5 Å². The molecule has 0 aromatic rings. The molecule has 0 radical (unpaired) electrons. The van der Waals surface area contributed by atoms with Crippen LogP contribution in [0.4, 0.5) is 0 Å². The first-order valence-electron chi connectivity index (χ1n) is 44.4. The molecule has 0 aliphatic carbocycles. The SMILES string of the molecule is CCCCCC/C=C\CCCC(=O)OC(CCCCCCC)CCOCC(COP(=O)([O-])OCCNC(=O)CCC(=O)NCCOP(=O)([O-])OCC(COCCC(CCCCCCC)OC(=O)CCC/C=C\CCCCCC)NC(=O)CC(=O)CCCCCCCCCCC)NC(=O)CC(=O)CCCCCCCCCCC. The Hall–Kier alpha value is -4.22. The summed E-state index contributed by atoms with van der Waals surface area (Å²) in [6, 6.07) is -2.05. The fourth-order valence-electron chi connectivity index (χ4n) is 12.6. The van der Waals surface area contributed by atoms with Gasteiger partial charge in [-0.3, -0.25) is 47.5 Å². The molecule has 0 aromatic heterocycles. The van der Waals surface area contributed by atoms with Crippen LogP contribution < -0.4 is 31.1 Å². The first-order chi connectivity index (χ1) is 54.2. The van der Waals surface area contributed by atoms with Crippen molar-refractivity contribution in [2.24, 2.45) is 0 Å². The second-order valence-corrected chi connectivity index (χ2v) is 33.1. The quantitative estimate of drug-likeness (QED) is 0.0144. The summed E-state index contributed by atoms with van der Waals surface area (Å²) in [5, 5.41) is 10.3. The van der Waals surface area contributed by atoms with Gasteiger partial charge in [-0.05, 0) is 89.9 Å². The molecule has 4 amide bonds. The van der Waals surface area contributed by atoms with Crippen LogP contribution in [0.15, 0.2) is 24.3 Å². The summed E-state index contributed by atoms with van der Waals surface area (Å²) >= 11 is 0. The van der Waals surface area contributed by atoms with E-state index in [4.69, 9.17) is 37.0 Å². The highest BCUT2D eigenvalue weighted by atomic mass is 31.2. The van der Waals surface area contributed by atoms with Crippen molar-refractivity contribution in [3.8, 4) is 0 Å². The Labute approximate surface area is 677 Å². The van der Waals surface area contributed by atoms with Crippen LogP contribution in [-0.4, -0.2) is 137 Å². The van der Waals surface area contributed by atoms with E-state index in [2.05, 4.69) is 87.1 Å². The van der Waals surface area contributed by atoms with Crippen molar-refractivity contribution in [1.82, 2.24) is 21.3 Å². The third kappa shape index (κ3) is 74.6. The lowest BCUT2D eigenvalue weighted by Gasteiger charge is -2.26. The topological polar surface area (TPSA) is 339 Å². The van der Waals surface area contributed by atoms with Crippen LogP contribution in [0.25, 0.3) is 0 Å². The van der Waals surface area contributed by atoms with E-state index >= 15 is 0 Å². The third-order valence-corrected chi connectivity index (χ3v) is 21.2. The Bertz CT molecular complexity index is 2340. The molecular formula is C86H158N4O20P2-2. The van der Waals surface area contributed by atoms with Gasteiger partial charge in [-0.1, -0.05) is 258 Å². The van der Waals surface area contributed by atoms with Crippen molar-refractivity contribution in [1.29, 1.82) is 0 Å². The van der Waals surface area contributed by atoms with Crippen molar-refractivity contribution >= 4 is 62.8 Å². The van der Waals surface area contributed by atoms with Gasteiger partial charge >= 0.3 is 11.9 Å². The number of ether oxygens (including phenoxy) is 4. The van der Waals surface area contributed by atoms with Crippen LogP contribution in [0.1, 0.15) is 388 Å². The van der Waals surface area contributed by atoms with Crippen LogP contribution in [0.2, 0.25) is 0 Å². The number of nitrogens with one attached hydrogen (secondary N) is 4. The molecule has 6 unspecified atom stereocenters. The molecule has 0 rings (SSSR count). The average molecular weight is 1630 g/mol. The highest BCUT2D eigenvalue weighted by Gasteiger charge is 2.24. The molecule has 4 N–H and O–H groups in total. The van der Waals surface area contributed by atoms with Crippen molar-refractivity contribution in [3.05, 3.63) is 24.3 Å². The van der Waals surface area contributed by atoms with Gasteiger partial charge in [-0.25, -0.2) is 0 Å². The smallest absolute Gasteiger partial charge is 0.306 e. The van der Waals surface area contributed by atoms with Gasteiger partial charge < -0.3 is 68.1 Å². The zero-order valence-electron chi connectivity index (χ0n) is 70.9. The minimum Gasteiger partial charge on any atom is -0.756 e. The fraction of sp³-hybridized carbons (Fsp3) is 0.860. The first-order valence-corrected chi connectivity index (χ1v) is 47.3. The van der Waals surface area contributed by atoms with Gasteiger partial charge in [0.15, 0.2) is 0 Å². The summed E-state index contributed by atoms with van der Waals surface area (Å²) in [5.74, 6) is -3.54. The van der Waals surface area contributed by atoms with E-state index in [0.29, 0.717) is 51.4 Å². The molecule has 0 fully saturated rings. The Morgan fingerprint density at radius 1 is 0.312 bits per heavy atom. The third-order valence-electron chi connectivity index (χ3n) is 19.3. The second kappa shape index (κ2) is 78.0. The Kier molecular flexibility index (Phi) is 75.0. The van der Waals surface area contributed by atoms with E-state index in [1.807, 2.05) is 0 Å². The Morgan fingerprint density at radius 2 is 0.607 bits per heavy atom. The minimum atomic E-state index is -5.05. The number of carbonyl (C=O) groups excluding carboxylic acids is 8. The van der Waals surface area contributed by atoms with E-state index in [-0.39, 0.29) is 102 Å². The molecule has 0 saturated carbocycles. The van der Waals surface area contributed by atoms with Gasteiger partial charge in [0.05, 0.1) is 77.8 Å². The molecule has 6 atom stereocenters. The molecule has 0 heterocycles. The fourth-order valence-corrected chi connectivity index (χ4v) is 14.1. The van der Waals surface area contributed by atoms with E-state index in [0.717, 1.165) is 154 Å². The summed E-state index contributed by atoms with van der Waals surface area (Å²) in [5.41, 5.74) is 0. The van der Waals surface area contributed by atoms with Crippen LogP contribution in [0.3, 0.4) is 0 Å². The molecule has 0 aliphatic rings. The van der Waals surface area contributed by atoms with E-state index in [1.54, 1.807) is 0 Å². The maximum Gasteiger partial charge on any atom is 0.306 e. The van der Waals surface area contributed by atoms with Crippen molar-refractivity contribution < 1.29 is 94.3 Å². The monoisotopic (exact) mass is 1630 g/mol. The normalized spacial score (nSPS) is 13.8. The standard InChI is InChI=1S/C86H160N4O20P2/c1-7-13-19-25-29-33-37-43-47-53-77(91)69-83(95)89-75(71-103-65-61-79(55-49-41-23-17-11-5)109-85(97)57-51-45-39-35-31-27-21-15-9-3)73-107-111(99,100)105-67-63-87-81(93)59-60-82(94)88-64-68-106-112(101,102)108-74-76(90-84(96)70-78(92)54-48-44-38-34-30-26-20-14-8-2)72-104-66-62-80(56-50-42-24-18-12-6)110-86(98)58-52-46-40-36-32-28-22-16-10-4/h35-36,39-40,75-76,79-80H,7-34,37-38,41-74H2,1-6H3,(H,87,93)(H,88,94)(H,89,95)(H,90,96)(H,99,100)(H,101,102)/p-2/b39-35-,40-36-. The number of esters is 2. The van der Waals surface area contributed by atoms with Crippen LogP contribution in [0.5, 0.6) is 0 Å². The number of hydrogen-bond donors (Lipinski definition) is 4. The summed E-state index contributed by atoms with van der Waals surface area (Å²) in [4.78, 5) is 130. The summed E-state index contributed by atoms with van der Waals surface area (Å²) < 4.78 is 70.3. The Balaban J connectivity index is 5.60. The average Bonchev–Trinajstić information content (AvgIpc) is 0.913. The highest BCUT2D eigenvalue weighted by molar-refractivity contribution is 7.46. The van der Waals surface area contributed by atoms with Gasteiger partial charge in [-0.2, -0.15) is 0 Å². The molecule has 0 spiro atoms. The number of allylic oxidation sites excluding steroid dienone is 4. The number of phosphoric acid groups is 2. The van der Waals surface area contributed by atoms with E-state index in [1.165, 1.54) is 89.9 Å². The van der Waals surface area contributed by atoms with Gasteiger partial charge in [0.2, 0.25) is 23.6 Å². The van der Waals surface area contributed by atoms with Crippen molar-refractivity contribution in [2.45, 2.75) is 413 Å². The molecule has 112 heavy (non-hydrogen) atoms. The van der Waals surface area contributed by atoms with Crippen molar-refractivity contribution in [3.63, 3.8) is 0 Å². The number of phosphoric ester groups is 2. The zero-order valence-corrected chi connectivity index (χ0v) is 72.7. The Morgan fingerprint density at radius 3 is 0.938 bits per heavy atom. The lowest BCUT2D eigenvalue weighted by atomic mass is 10.0. The maximum atomic E-state index is 13.2. The lowest BCUT2D eigenvalue weighted by Crippen LogP contribution is -2.42. The maximum absolute atomic E-state index is 13.2. The predicted octanol–water partition coefficient (Wildman–Crippen LogP) is 18.5. The van der Waals surface area contributed by atoms with Crippen molar-refractivity contribution in [2.75, 3.05) is 65.9 Å². The number of unbranched alkanes of at least 4 members (excludes halogenated alkanes) is 34. The van der Waals surface area contributed by atoms with E-state index < -0.39 is 103 Å². The predicted molar refractivity (Wildman–Crippen MR) is 442 cm³/mol. The van der Waals surface area contributed by atoms with Gasteiger partial charge in [0.25, 0.3) is 15.6 Å². The molecule has 0 aliphatic heterocycles. The van der Waals surface area contributed by atoms with E-state index in [9.17, 15) is 57.3 Å². The number of Topliss-reactive ketones (excluding diaryl/α,β-unsaturated/α-hetero) is 2. The van der Waals surface area contributed by atoms with Gasteiger partial charge in [0.1, 0.15) is 23.8 Å². The molecular weight excluding hydrogens is 1470 g/mol. The molecule has 654 valence electrons. The zero-order chi connectivity index (χ0) is 82.5. The number of hydrogen-bond acceptors (Lipinski definition) is 20. The summed E-state index contributed by atoms with van der Waals surface area (Å²) in [7, 11) is -10.1. The largest absolute Gasteiger partial charge is 0.756 e. The van der Waals surface area contributed by atoms with Gasteiger partial charge in [-0.15, -0.1) is 0 Å². The molecule has 0 saturated heterocycles. The minimum absolute atomic E-state index is 0.121. The number of amides is 4. The van der Waals surface area contributed by atoms with Crippen LogP contribution >= 0.6 is 15.6 Å². The summed E-state index contributed by atoms with van der Waals surface area (Å²) in [6.45, 7) is 10.00. The van der Waals surface area contributed by atoms with Crippen LogP contribution in [-0.2, 0) is 84.5 Å². The second-order valence-electron chi connectivity index (χ2n) is 30.3. The number of rotatable bonds is 85. The number of ketones is 2. The highest BCUT2D eigenvalue weighted by Crippen LogP contribution is 2.39. The number of carbonyl (C=O) groups is 8. The first kappa shape index (κ1) is 108. The molecule has 26 heteroatoms. The summed E-state index contributed by atoms with van der Waals surface area (Å²) in [6.07, 6.45) is 53.6. The molecule has 0 bridgehead atoms. The lowest BCUT2D eigenvalue weighted by molar-refractivity contribution is -0.227. The molecule has 0 aromatic carbocycles. The van der Waals surface area contributed by atoms with Crippen LogP contribution in [0, 0.1) is 0 Å². The molecule has 24 nitrogen and oxygen atoms in total.